The number of nitrogens with zero attached hydrogens (tertiary/aromatic N) is 2. The van der Waals surface area contributed by atoms with E-state index in [1.54, 1.807) is 0 Å². The van der Waals surface area contributed by atoms with Gasteiger partial charge in [0.2, 0.25) is 0 Å². The molecule has 0 aliphatic carbocycles. The van der Waals surface area contributed by atoms with E-state index in [0.717, 1.165) is 16.7 Å². The molecule has 0 unspecified atom stereocenters. The molecule has 0 saturated carbocycles. The lowest BCUT2D eigenvalue weighted by atomic mass is 10.5. The summed E-state index contributed by atoms with van der Waals surface area (Å²) in [7, 11) is 0. The van der Waals surface area contributed by atoms with Crippen LogP contribution in [0.25, 0.3) is 0 Å². The smallest absolute Gasteiger partial charge is 0.429 e. The number of alkyl halides is 3. The van der Waals surface area contributed by atoms with Gasteiger partial charge in [0.15, 0.2) is 5.69 Å². The lowest BCUT2D eigenvalue weighted by molar-refractivity contribution is -0.140. The molecule has 2 aromatic heterocycles. The van der Waals surface area contributed by atoms with E-state index in [-0.39, 0.29) is 16.1 Å². The number of pyridine rings is 1. The first-order valence-electron chi connectivity index (χ1n) is 4.27. The van der Waals surface area contributed by atoms with E-state index in [9.17, 15) is 13.2 Å². The Morgan fingerprint density at radius 1 is 1.29 bits per heavy atom. The average molecular weight is 281 g/mol. The van der Waals surface area contributed by atoms with Crippen LogP contribution in [-0.2, 0) is 6.18 Å². The fraction of sp³-hybridized carbons (Fsp3) is 0.111. The topological polar surface area (TPSA) is 35.0 Å². The van der Waals surface area contributed by atoms with E-state index in [1.807, 2.05) is 0 Å². The molecule has 8 heteroatoms. The maximum atomic E-state index is 12.3. The Morgan fingerprint density at radius 3 is 2.59 bits per heavy atom. The van der Waals surface area contributed by atoms with Gasteiger partial charge in [-0.2, -0.15) is 18.2 Å². The van der Waals surface area contributed by atoms with Gasteiger partial charge in [-0.25, -0.2) is 4.98 Å². The highest BCUT2D eigenvalue weighted by molar-refractivity contribution is 7.11. The number of rotatable bonds is 2. The van der Waals surface area contributed by atoms with Crippen molar-refractivity contribution in [3.05, 3.63) is 34.6 Å². The SMILES string of the molecule is FC(F)(F)c1csc(Oc2ccc(Cl)nc2)n1. The van der Waals surface area contributed by atoms with Crippen LogP contribution in [0.2, 0.25) is 5.15 Å². The van der Waals surface area contributed by atoms with Crippen LogP contribution in [0.1, 0.15) is 5.69 Å². The number of hydrogen-bond acceptors (Lipinski definition) is 4. The Bertz CT molecular complexity index is 512. The van der Waals surface area contributed by atoms with E-state index in [0.29, 0.717) is 0 Å². The van der Waals surface area contributed by atoms with Crippen LogP contribution in [0.5, 0.6) is 10.9 Å². The zero-order valence-electron chi connectivity index (χ0n) is 8.03. The normalized spacial score (nSPS) is 11.5. The molecule has 0 amide bonds. The number of halogens is 4. The van der Waals surface area contributed by atoms with Crippen LogP contribution in [0.3, 0.4) is 0 Å². The summed E-state index contributed by atoms with van der Waals surface area (Å²) in [6.45, 7) is 0. The van der Waals surface area contributed by atoms with Crippen molar-refractivity contribution in [2.45, 2.75) is 6.18 Å². The number of aromatic nitrogens is 2. The molecule has 0 saturated heterocycles. The second kappa shape index (κ2) is 4.50. The van der Waals surface area contributed by atoms with Crippen molar-refractivity contribution in [3.63, 3.8) is 0 Å². The fourth-order valence-corrected chi connectivity index (χ4v) is 1.76. The Labute approximate surface area is 103 Å². The van der Waals surface area contributed by atoms with E-state index >= 15 is 0 Å². The average Bonchev–Trinajstić information content (AvgIpc) is 2.69. The number of hydrogen-bond donors (Lipinski definition) is 0. The minimum atomic E-state index is -4.46. The van der Waals surface area contributed by atoms with Gasteiger partial charge in [0.25, 0.3) is 5.19 Å². The molecule has 3 nitrogen and oxygen atoms in total. The Balaban J connectivity index is 2.14. The van der Waals surface area contributed by atoms with Crippen molar-refractivity contribution in [1.29, 1.82) is 0 Å². The maximum absolute atomic E-state index is 12.3. The zero-order chi connectivity index (χ0) is 12.5. The molecular weight excluding hydrogens is 277 g/mol. The number of ether oxygens (including phenoxy) is 1. The van der Waals surface area contributed by atoms with E-state index in [2.05, 4.69) is 9.97 Å². The minimum Gasteiger partial charge on any atom is -0.429 e. The Hall–Kier alpha value is -1.34. The van der Waals surface area contributed by atoms with Crippen molar-refractivity contribution in [2.75, 3.05) is 0 Å². The third-order valence-corrected chi connectivity index (χ3v) is 2.62. The van der Waals surface area contributed by atoms with Gasteiger partial charge < -0.3 is 4.74 Å². The second-order valence-electron chi connectivity index (χ2n) is 2.92. The van der Waals surface area contributed by atoms with E-state index in [4.69, 9.17) is 16.3 Å². The highest BCUT2D eigenvalue weighted by atomic mass is 35.5. The molecular formula is C9H4ClF3N2OS. The largest absolute Gasteiger partial charge is 0.434 e. The highest BCUT2D eigenvalue weighted by Crippen LogP contribution is 2.34. The van der Waals surface area contributed by atoms with Crippen LogP contribution in [0.15, 0.2) is 23.7 Å². The standard InChI is InChI=1S/C9H4ClF3N2OS/c10-7-2-1-5(3-14-7)16-8-15-6(4-17-8)9(11,12)13/h1-4H. The first kappa shape index (κ1) is 12.1. The van der Waals surface area contributed by atoms with E-state index < -0.39 is 11.9 Å². The highest BCUT2D eigenvalue weighted by Gasteiger charge is 2.34. The molecule has 2 aromatic rings. The summed E-state index contributed by atoms with van der Waals surface area (Å²) >= 11 is 6.31. The molecule has 90 valence electrons. The minimum absolute atomic E-state index is 0.0959. The summed E-state index contributed by atoms with van der Waals surface area (Å²) in [5, 5.41) is 1.06. The molecule has 0 radical (unpaired) electrons. The maximum Gasteiger partial charge on any atom is 0.434 e. The molecule has 0 atom stereocenters. The molecule has 17 heavy (non-hydrogen) atoms. The molecule has 0 fully saturated rings. The fourth-order valence-electron chi connectivity index (χ4n) is 0.958. The lowest BCUT2D eigenvalue weighted by Crippen LogP contribution is -2.04. The first-order chi connectivity index (χ1) is 7.95. The molecule has 0 aliphatic rings. The summed E-state index contributed by atoms with van der Waals surface area (Å²) < 4.78 is 41.9. The third-order valence-electron chi connectivity index (χ3n) is 1.68. The summed E-state index contributed by atoms with van der Waals surface area (Å²) in [6.07, 6.45) is -3.16. The van der Waals surface area contributed by atoms with Crippen LogP contribution in [0.4, 0.5) is 13.2 Å². The van der Waals surface area contributed by atoms with Crippen molar-refractivity contribution in [3.8, 4) is 10.9 Å². The summed E-state index contributed by atoms with van der Waals surface area (Å²) in [6, 6.07) is 2.96. The van der Waals surface area contributed by atoms with Gasteiger partial charge in [0, 0.05) is 5.38 Å². The third kappa shape index (κ3) is 3.07. The Morgan fingerprint density at radius 2 is 2.06 bits per heavy atom. The molecule has 2 rings (SSSR count). The van der Waals surface area contributed by atoms with Gasteiger partial charge in [0.05, 0.1) is 6.20 Å². The van der Waals surface area contributed by atoms with Crippen molar-refractivity contribution >= 4 is 22.9 Å². The van der Waals surface area contributed by atoms with Gasteiger partial charge >= 0.3 is 6.18 Å². The molecule has 0 spiro atoms. The zero-order valence-corrected chi connectivity index (χ0v) is 9.60. The Kier molecular flexibility index (Phi) is 3.21. The predicted molar refractivity (Wildman–Crippen MR) is 56.4 cm³/mol. The van der Waals surface area contributed by atoms with Crippen LogP contribution >= 0.6 is 22.9 Å². The molecule has 0 aromatic carbocycles. The molecule has 0 aliphatic heterocycles. The van der Waals surface area contributed by atoms with Gasteiger partial charge in [-0.15, -0.1) is 0 Å². The quantitative estimate of drug-likeness (QED) is 0.780. The van der Waals surface area contributed by atoms with Crippen molar-refractivity contribution in [2.24, 2.45) is 0 Å². The predicted octanol–water partition coefficient (Wildman–Crippen LogP) is 4.00. The lowest BCUT2D eigenvalue weighted by Gasteiger charge is -2.01. The summed E-state index contributed by atoms with van der Waals surface area (Å²) in [4.78, 5) is 7.04. The van der Waals surface area contributed by atoms with Crippen molar-refractivity contribution < 1.29 is 17.9 Å². The van der Waals surface area contributed by atoms with E-state index in [1.165, 1.54) is 18.3 Å². The summed E-state index contributed by atoms with van der Waals surface area (Å²) in [5.41, 5.74) is -0.973. The number of thiazole rings is 1. The second-order valence-corrected chi connectivity index (χ2v) is 4.12. The van der Waals surface area contributed by atoms with Gasteiger partial charge in [0.1, 0.15) is 10.9 Å². The van der Waals surface area contributed by atoms with Crippen molar-refractivity contribution in [1.82, 2.24) is 9.97 Å². The van der Waals surface area contributed by atoms with Crippen LogP contribution < -0.4 is 4.74 Å². The first-order valence-corrected chi connectivity index (χ1v) is 5.53. The summed E-state index contributed by atoms with van der Waals surface area (Å²) in [5.74, 6) is 0.275. The van der Waals surface area contributed by atoms with Crippen LogP contribution in [0, 0.1) is 0 Å². The van der Waals surface area contributed by atoms with Gasteiger partial charge in [-0.1, -0.05) is 22.9 Å². The van der Waals surface area contributed by atoms with Gasteiger partial charge in [-0.05, 0) is 12.1 Å². The van der Waals surface area contributed by atoms with Gasteiger partial charge in [-0.3, -0.25) is 0 Å². The van der Waals surface area contributed by atoms with Crippen LogP contribution in [-0.4, -0.2) is 9.97 Å². The molecule has 2 heterocycles. The molecule has 0 bridgehead atoms. The molecule has 0 N–H and O–H groups in total. The monoisotopic (exact) mass is 280 g/mol.